The first-order chi connectivity index (χ1) is 12.1. The molecule has 2 aromatic carbocycles. The van der Waals surface area contributed by atoms with Gasteiger partial charge in [-0.15, -0.1) is 11.3 Å². The van der Waals surface area contributed by atoms with Crippen LogP contribution in [0.3, 0.4) is 0 Å². The van der Waals surface area contributed by atoms with Crippen LogP contribution in [0.25, 0.3) is 11.3 Å². The van der Waals surface area contributed by atoms with E-state index in [1.165, 1.54) is 16.9 Å². The highest BCUT2D eigenvalue weighted by molar-refractivity contribution is 7.14. The van der Waals surface area contributed by atoms with E-state index < -0.39 is 0 Å². The number of amides is 1. The van der Waals surface area contributed by atoms with Crippen LogP contribution in [-0.4, -0.2) is 17.5 Å². The average Bonchev–Trinajstić information content (AvgIpc) is 3.08. The summed E-state index contributed by atoms with van der Waals surface area (Å²) < 4.78 is 5.50. The Hall–Kier alpha value is -2.66. The quantitative estimate of drug-likeness (QED) is 0.700. The minimum absolute atomic E-state index is 0.0381. The largest absolute Gasteiger partial charge is 0.484 e. The lowest BCUT2D eigenvalue weighted by Gasteiger charge is -2.06. The highest BCUT2D eigenvalue weighted by Gasteiger charge is 2.09. The summed E-state index contributed by atoms with van der Waals surface area (Å²) in [6.45, 7) is 4.07. The van der Waals surface area contributed by atoms with Gasteiger partial charge in [0.25, 0.3) is 5.91 Å². The maximum Gasteiger partial charge on any atom is 0.264 e. The van der Waals surface area contributed by atoms with Gasteiger partial charge in [-0.05, 0) is 36.6 Å². The molecule has 3 rings (SSSR count). The first-order valence-corrected chi connectivity index (χ1v) is 9.06. The molecule has 0 saturated carbocycles. The van der Waals surface area contributed by atoms with Crippen molar-refractivity contribution in [2.75, 3.05) is 11.9 Å². The zero-order valence-corrected chi connectivity index (χ0v) is 15.1. The van der Waals surface area contributed by atoms with Gasteiger partial charge in [0.05, 0.1) is 5.69 Å². The fraction of sp³-hybridized carbons (Fsp3) is 0.200. The van der Waals surface area contributed by atoms with Gasteiger partial charge >= 0.3 is 0 Å². The standard InChI is InChI=1S/C20H20N2O2S/c1-3-15-7-9-16(10-8-15)18-13-25-20(21-18)22-19(23)12-24-17-6-4-5-14(2)11-17/h4-11,13H,3,12H2,1-2H3,(H,21,22,23). The second-order valence-electron chi connectivity index (χ2n) is 5.74. The molecule has 0 aliphatic rings. The van der Waals surface area contributed by atoms with Crippen LogP contribution in [0.4, 0.5) is 5.13 Å². The van der Waals surface area contributed by atoms with Gasteiger partial charge in [-0.3, -0.25) is 10.1 Å². The number of hydrogen-bond donors (Lipinski definition) is 1. The molecule has 1 N–H and O–H groups in total. The molecule has 25 heavy (non-hydrogen) atoms. The van der Waals surface area contributed by atoms with E-state index in [1.807, 2.05) is 36.6 Å². The van der Waals surface area contributed by atoms with Crippen molar-refractivity contribution in [2.45, 2.75) is 20.3 Å². The molecule has 4 nitrogen and oxygen atoms in total. The Labute approximate surface area is 151 Å². The third-order valence-electron chi connectivity index (χ3n) is 3.77. The summed E-state index contributed by atoms with van der Waals surface area (Å²) in [6.07, 6.45) is 1.01. The molecule has 0 aliphatic carbocycles. The van der Waals surface area contributed by atoms with Crippen molar-refractivity contribution in [3.8, 4) is 17.0 Å². The molecule has 0 fully saturated rings. The molecule has 1 amide bonds. The van der Waals surface area contributed by atoms with Crippen LogP contribution in [0.2, 0.25) is 0 Å². The lowest BCUT2D eigenvalue weighted by Crippen LogP contribution is -2.20. The fourth-order valence-corrected chi connectivity index (χ4v) is 3.12. The Morgan fingerprint density at radius 1 is 1.20 bits per heavy atom. The van der Waals surface area contributed by atoms with Crippen molar-refractivity contribution in [3.05, 3.63) is 65.0 Å². The predicted octanol–water partition coefficient (Wildman–Crippen LogP) is 4.70. The summed E-state index contributed by atoms with van der Waals surface area (Å²) in [5, 5.41) is 5.30. The third-order valence-corrected chi connectivity index (χ3v) is 4.53. The number of nitrogens with zero attached hydrogens (tertiary/aromatic N) is 1. The molecule has 0 spiro atoms. The Morgan fingerprint density at radius 3 is 2.72 bits per heavy atom. The zero-order chi connectivity index (χ0) is 17.6. The molecule has 1 aromatic heterocycles. The first-order valence-electron chi connectivity index (χ1n) is 8.18. The summed E-state index contributed by atoms with van der Waals surface area (Å²) >= 11 is 1.41. The van der Waals surface area contributed by atoms with Crippen molar-refractivity contribution < 1.29 is 9.53 Å². The molecule has 0 aliphatic heterocycles. The monoisotopic (exact) mass is 352 g/mol. The molecule has 0 bridgehead atoms. The summed E-state index contributed by atoms with van der Waals surface area (Å²) in [5.41, 5.74) is 4.30. The normalized spacial score (nSPS) is 10.5. The number of nitrogens with one attached hydrogen (secondary N) is 1. The van der Waals surface area contributed by atoms with E-state index >= 15 is 0 Å². The van der Waals surface area contributed by atoms with Crippen LogP contribution in [0.5, 0.6) is 5.75 Å². The number of anilines is 1. The molecule has 0 unspecified atom stereocenters. The molecule has 1 heterocycles. The molecule has 0 atom stereocenters. The van der Waals surface area contributed by atoms with Crippen molar-refractivity contribution >= 4 is 22.4 Å². The lowest BCUT2D eigenvalue weighted by atomic mass is 10.1. The van der Waals surface area contributed by atoms with Crippen molar-refractivity contribution in [3.63, 3.8) is 0 Å². The number of aromatic nitrogens is 1. The van der Waals surface area contributed by atoms with E-state index in [-0.39, 0.29) is 12.5 Å². The number of hydrogen-bond acceptors (Lipinski definition) is 4. The highest BCUT2D eigenvalue weighted by atomic mass is 32.1. The van der Waals surface area contributed by atoms with Crippen LogP contribution in [0.1, 0.15) is 18.1 Å². The van der Waals surface area contributed by atoms with Gasteiger partial charge < -0.3 is 4.74 Å². The van der Waals surface area contributed by atoms with E-state index in [1.54, 1.807) is 0 Å². The number of carbonyl (C=O) groups excluding carboxylic acids is 1. The topological polar surface area (TPSA) is 51.2 Å². The van der Waals surface area contributed by atoms with Crippen molar-refractivity contribution in [1.82, 2.24) is 4.98 Å². The Kier molecular flexibility index (Phi) is 5.46. The maximum atomic E-state index is 12.0. The summed E-state index contributed by atoms with van der Waals surface area (Å²) in [7, 11) is 0. The minimum atomic E-state index is -0.219. The van der Waals surface area contributed by atoms with Gasteiger partial charge in [0, 0.05) is 10.9 Å². The smallest absolute Gasteiger partial charge is 0.264 e. The number of rotatable bonds is 6. The SMILES string of the molecule is CCc1ccc(-c2csc(NC(=O)COc3cccc(C)c3)n2)cc1. The molecule has 5 heteroatoms. The summed E-state index contributed by atoms with van der Waals surface area (Å²) in [5.74, 6) is 0.467. The van der Waals surface area contributed by atoms with Crippen LogP contribution < -0.4 is 10.1 Å². The molecule has 128 valence electrons. The highest BCUT2D eigenvalue weighted by Crippen LogP contribution is 2.25. The van der Waals surface area contributed by atoms with Gasteiger partial charge in [0.15, 0.2) is 11.7 Å². The average molecular weight is 352 g/mol. The van der Waals surface area contributed by atoms with E-state index in [9.17, 15) is 4.79 Å². The fourth-order valence-electron chi connectivity index (χ4n) is 2.38. The Morgan fingerprint density at radius 2 is 2.00 bits per heavy atom. The van der Waals surface area contributed by atoms with E-state index in [2.05, 4.69) is 41.5 Å². The van der Waals surface area contributed by atoms with Crippen LogP contribution in [0.15, 0.2) is 53.9 Å². The third kappa shape index (κ3) is 4.67. The van der Waals surface area contributed by atoms with Crippen molar-refractivity contribution in [1.29, 1.82) is 0 Å². The van der Waals surface area contributed by atoms with Gasteiger partial charge in [-0.25, -0.2) is 4.98 Å². The molecular weight excluding hydrogens is 332 g/mol. The van der Waals surface area contributed by atoms with Crippen molar-refractivity contribution in [2.24, 2.45) is 0 Å². The van der Waals surface area contributed by atoms with E-state index in [0.717, 1.165) is 23.2 Å². The lowest BCUT2D eigenvalue weighted by molar-refractivity contribution is -0.118. The number of thiazole rings is 1. The number of ether oxygens (including phenoxy) is 1. The molecule has 3 aromatic rings. The summed E-state index contributed by atoms with van der Waals surface area (Å²) in [4.78, 5) is 16.5. The zero-order valence-electron chi connectivity index (χ0n) is 14.3. The summed E-state index contributed by atoms with van der Waals surface area (Å²) in [6, 6.07) is 15.9. The number of carbonyl (C=O) groups is 1. The molecule has 0 saturated heterocycles. The first kappa shape index (κ1) is 17.2. The second-order valence-corrected chi connectivity index (χ2v) is 6.60. The number of benzene rings is 2. The second kappa shape index (κ2) is 7.94. The van der Waals surface area contributed by atoms with Crippen LogP contribution in [0, 0.1) is 6.92 Å². The van der Waals surface area contributed by atoms with Crippen LogP contribution >= 0.6 is 11.3 Å². The Bertz CT molecular complexity index is 856. The van der Waals surface area contributed by atoms with Gasteiger partial charge in [0.2, 0.25) is 0 Å². The molecular formula is C20H20N2O2S. The predicted molar refractivity (Wildman–Crippen MR) is 102 cm³/mol. The van der Waals surface area contributed by atoms with Gasteiger partial charge in [-0.2, -0.15) is 0 Å². The Balaban J connectivity index is 1.57. The number of aryl methyl sites for hydroxylation is 2. The maximum absolute atomic E-state index is 12.0. The minimum Gasteiger partial charge on any atom is -0.484 e. The van der Waals surface area contributed by atoms with Crippen LogP contribution in [-0.2, 0) is 11.2 Å². The van der Waals surface area contributed by atoms with E-state index in [0.29, 0.717) is 10.9 Å². The van der Waals surface area contributed by atoms with Gasteiger partial charge in [-0.1, -0.05) is 43.3 Å². The van der Waals surface area contributed by atoms with Gasteiger partial charge in [0.1, 0.15) is 5.75 Å². The van der Waals surface area contributed by atoms with E-state index in [4.69, 9.17) is 4.74 Å². The molecule has 0 radical (unpaired) electrons.